The maximum absolute atomic E-state index is 11.8. The van der Waals surface area contributed by atoms with Crippen molar-refractivity contribution in [2.45, 2.75) is 32.7 Å². The minimum absolute atomic E-state index is 0.00143. The Morgan fingerprint density at radius 1 is 1.62 bits per heavy atom. The zero-order valence-electron chi connectivity index (χ0n) is 9.95. The number of carbonyl (C=O) groups excluding carboxylic acids is 2. The van der Waals surface area contributed by atoms with Crippen LogP contribution in [0, 0.1) is 11.8 Å². The first-order valence-corrected chi connectivity index (χ1v) is 5.80. The van der Waals surface area contributed by atoms with Gasteiger partial charge in [0.2, 0.25) is 11.8 Å². The predicted molar refractivity (Wildman–Crippen MR) is 61.6 cm³/mol. The van der Waals surface area contributed by atoms with Gasteiger partial charge in [0.1, 0.15) is 0 Å². The number of nitrogens with two attached hydrogens (primary N) is 1. The highest BCUT2D eigenvalue weighted by Crippen LogP contribution is 2.11. The lowest BCUT2D eigenvalue weighted by Gasteiger charge is -2.19. The van der Waals surface area contributed by atoms with E-state index in [0.29, 0.717) is 25.4 Å². The molecule has 0 saturated carbocycles. The molecule has 5 heteroatoms. The molecular weight excluding hydrogens is 206 g/mol. The van der Waals surface area contributed by atoms with E-state index in [0.717, 1.165) is 6.42 Å². The Hall–Kier alpha value is -1.10. The van der Waals surface area contributed by atoms with E-state index in [4.69, 9.17) is 5.73 Å². The van der Waals surface area contributed by atoms with Crippen LogP contribution in [0.1, 0.15) is 26.7 Å². The molecule has 0 aromatic carbocycles. The van der Waals surface area contributed by atoms with Crippen LogP contribution < -0.4 is 16.4 Å². The highest BCUT2D eigenvalue weighted by Gasteiger charge is 2.26. The Morgan fingerprint density at radius 2 is 2.31 bits per heavy atom. The van der Waals surface area contributed by atoms with E-state index in [1.807, 2.05) is 0 Å². The second-order valence-electron chi connectivity index (χ2n) is 4.78. The molecule has 2 amide bonds. The van der Waals surface area contributed by atoms with Gasteiger partial charge >= 0.3 is 0 Å². The molecule has 0 radical (unpaired) electrons. The lowest BCUT2D eigenvalue weighted by Crippen LogP contribution is -2.42. The molecule has 92 valence electrons. The molecule has 1 rings (SSSR count). The fourth-order valence-corrected chi connectivity index (χ4v) is 1.91. The average Bonchev–Trinajstić information content (AvgIpc) is 2.60. The minimum Gasteiger partial charge on any atom is -0.354 e. The molecule has 0 bridgehead atoms. The van der Waals surface area contributed by atoms with Crippen LogP contribution in [-0.2, 0) is 9.59 Å². The Labute approximate surface area is 96.1 Å². The van der Waals surface area contributed by atoms with Gasteiger partial charge in [-0.3, -0.25) is 9.59 Å². The van der Waals surface area contributed by atoms with E-state index in [-0.39, 0.29) is 23.8 Å². The SMILES string of the molecule is CC(C)CC(CN)C(=O)NC1CNC(=O)C1. The first kappa shape index (κ1) is 13.0. The fourth-order valence-electron chi connectivity index (χ4n) is 1.91. The predicted octanol–water partition coefficient (Wildman–Crippen LogP) is -0.388. The lowest BCUT2D eigenvalue weighted by molar-refractivity contribution is -0.125. The van der Waals surface area contributed by atoms with Crippen molar-refractivity contribution >= 4 is 11.8 Å². The summed E-state index contributed by atoms with van der Waals surface area (Å²) in [4.78, 5) is 22.8. The van der Waals surface area contributed by atoms with Crippen molar-refractivity contribution in [3.05, 3.63) is 0 Å². The van der Waals surface area contributed by atoms with Crippen molar-refractivity contribution in [1.29, 1.82) is 0 Å². The average molecular weight is 227 g/mol. The van der Waals surface area contributed by atoms with Crippen LogP contribution in [-0.4, -0.2) is 30.9 Å². The Kier molecular flexibility index (Phi) is 4.73. The molecule has 0 aromatic heterocycles. The Balaban J connectivity index is 2.40. The second kappa shape index (κ2) is 5.84. The number of carbonyl (C=O) groups is 2. The molecule has 2 unspecified atom stereocenters. The third-order valence-electron chi connectivity index (χ3n) is 2.74. The van der Waals surface area contributed by atoms with Crippen LogP contribution >= 0.6 is 0 Å². The van der Waals surface area contributed by atoms with Crippen LogP contribution in [0.4, 0.5) is 0 Å². The molecule has 16 heavy (non-hydrogen) atoms. The number of nitrogens with one attached hydrogen (secondary N) is 2. The van der Waals surface area contributed by atoms with Crippen molar-refractivity contribution in [2.75, 3.05) is 13.1 Å². The molecule has 1 heterocycles. The number of hydrogen-bond acceptors (Lipinski definition) is 3. The largest absolute Gasteiger partial charge is 0.354 e. The van der Waals surface area contributed by atoms with Gasteiger partial charge < -0.3 is 16.4 Å². The Morgan fingerprint density at radius 3 is 2.75 bits per heavy atom. The van der Waals surface area contributed by atoms with Crippen molar-refractivity contribution in [2.24, 2.45) is 17.6 Å². The van der Waals surface area contributed by atoms with Crippen molar-refractivity contribution in [1.82, 2.24) is 10.6 Å². The van der Waals surface area contributed by atoms with Gasteiger partial charge in [0.05, 0.1) is 12.0 Å². The molecule has 0 aromatic rings. The van der Waals surface area contributed by atoms with Gasteiger partial charge in [0, 0.05) is 19.5 Å². The summed E-state index contributed by atoms with van der Waals surface area (Å²) in [5, 5.41) is 5.55. The van der Waals surface area contributed by atoms with Crippen molar-refractivity contribution in [3.63, 3.8) is 0 Å². The number of amides is 2. The standard InChI is InChI=1S/C11H21N3O2/c1-7(2)3-8(5-12)11(16)14-9-4-10(15)13-6-9/h7-9H,3-6,12H2,1-2H3,(H,13,15)(H,14,16). The maximum Gasteiger partial charge on any atom is 0.224 e. The summed E-state index contributed by atoms with van der Waals surface area (Å²) in [6.45, 7) is 5.02. The summed E-state index contributed by atoms with van der Waals surface area (Å²) in [7, 11) is 0. The summed E-state index contributed by atoms with van der Waals surface area (Å²) in [6.07, 6.45) is 1.17. The normalized spacial score (nSPS) is 22.0. The molecule has 4 N–H and O–H groups in total. The Bertz CT molecular complexity index is 266. The van der Waals surface area contributed by atoms with E-state index in [1.54, 1.807) is 0 Å². The highest BCUT2D eigenvalue weighted by atomic mass is 16.2. The quantitative estimate of drug-likeness (QED) is 0.598. The van der Waals surface area contributed by atoms with Gasteiger partial charge in [0.15, 0.2) is 0 Å². The molecule has 1 aliphatic heterocycles. The van der Waals surface area contributed by atoms with Gasteiger partial charge in [-0.1, -0.05) is 13.8 Å². The maximum atomic E-state index is 11.8. The van der Waals surface area contributed by atoms with Crippen LogP contribution in [0.2, 0.25) is 0 Å². The molecule has 5 nitrogen and oxygen atoms in total. The molecule has 1 aliphatic rings. The first-order chi connectivity index (χ1) is 7.52. The molecular formula is C11H21N3O2. The van der Waals surface area contributed by atoms with Gasteiger partial charge in [-0.05, 0) is 12.3 Å². The lowest BCUT2D eigenvalue weighted by atomic mass is 9.96. The highest BCUT2D eigenvalue weighted by molar-refractivity contribution is 5.83. The third-order valence-corrected chi connectivity index (χ3v) is 2.74. The smallest absolute Gasteiger partial charge is 0.224 e. The van der Waals surface area contributed by atoms with Crippen molar-refractivity contribution in [3.8, 4) is 0 Å². The van der Waals surface area contributed by atoms with E-state index >= 15 is 0 Å². The zero-order valence-corrected chi connectivity index (χ0v) is 9.95. The van der Waals surface area contributed by atoms with Crippen molar-refractivity contribution < 1.29 is 9.59 Å². The number of rotatable bonds is 5. The summed E-state index contributed by atoms with van der Waals surface area (Å²) >= 11 is 0. The molecule has 1 saturated heterocycles. The molecule has 2 atom stereocenters. The molecule has 1 fully saturated rings. The van der Waals surface area contributed by atoms with E-state index in [1.165, 1.54) is 0 Å². The van der Waals surface area contributed by atoms with Crippen LogP contribution in [0.25, 0.3) is 0 Å². The molecule has 0 aliphatic carbocycles. The zero-order chi connectivity index (χ0) is 12.1. The van der Waals surface area contributed by atoms with Crippen LogP contribution in [0.5, 0.6) is 0 Å². The fraction of sp³-hybridized carbons (Fsp3) is 0.818. The summed E-state index contributed by atoms with van der Waals surface area (Å²) in [5.74, 6) is 0.273. The second-order valence-corrected chi connectivity index (χ2v) is 4.78. The summed E-state index contributed by atoms with van der Waals surface area (Å²) in [5.41, 5.74) is 5.58. The van der Waals surface area contributed by atoms with Crippen LogP contribution in [0.3, 0.4) is 0 Å². The summed E-state index contributed by atoms with van der Waals surface area (Å²) in [6, 6.07) is -0.0683. The minimum atomic E-state index is -0.143. The van der Waals surface area contributed by atoms with Crippen LogP contribution in [0.15, 0.2) is 0 Å². The third kappa shape index (κ3) is 3.81. The van der Waals surface area contributed by atoms with Gasteiger partial charge in [0.25, 0.3) is 0 Å². The monoisotopic (exact) mass is 227 g/mol. The van der Waals surface area contributed by atoms with E-state index in [2.05, 4.69) is 24.5 Å². The van der Waals surface area contributed by atoms with E-state index in [9.17, 15) is 9.59 Å². The van der Waals surface area contributed by atoms with Gasteiger partial charge in [-0.25, -0.2) is 0 Å². The summed E-state index contributed by atoms with van der Waals surface area (Å²) < 4.78 is 0. The van der Waals surface area contributed by atoms with Gasteiger partial charge in [-0.15, -0.1) is 0 Å². The van der Waals surface area contributed by atoms with E-state index < -0.39 is 0 Å². The molecule has 0 spiro atoms. The van der Waals surface area contributed by atoms with Gasteiger partial charge in [-0.2, -0.15) is 0 Å². The first-order valence-electron chi connectivity index (χ1n) is 5.80. The number of hydrogen-bond donors (Lipinski definition) is 3. The topological polar surface area (TPSA) is 84.2 Å².